The Morgan fingerprint density at radius 3 is 2.93 bits per heavy atom. The van der Waals surface area contributed by atoms with Gasteiger partial charge < -0.3 is 15.6 Å². The number of phenolic OH excluding ortho intramolecular Hbond substituents is 1. The fourth-order valence-electron chi connectivity index (χ4n) is 1.11. The van der Waals surface area contributed by atoms with Crippen LogP contribution >= 0.6 is 0 Å². The van der Waals surface area contributed by atoms with E-state index in [9.17, 15) is 9.90 Å². The van der Waals surface area contributed by atoms with E-state index in [0.29, 0.717) is 17.9 Å². The Hall–Kier alpha value is -1.71. The minimum Gasteiger partial charge on any atom is -0.508 e. The van der Waals surface area contributed by atoms with Gasteiger partial charge in [0.25, 0.3) is 0 Å². The van der Waals surface area contributed by atoms with Gasteiger partial charge in [0.1, 0.15) is 5.75 Å². The van der Waals surface area contributed by atoms with Crippen molar-refractivity contribution < 1.29 is 14.6 Å². The van der Waals surface area contributed by atoms with E-state index < -0.39 is 0 Å². The molecule has 3 N–H and O–H groups in total. The van der Waals surface area contributed by atoms with Crippen LogP contribution in [-0.4, -0.2) is 17.7 Å². The van der Waals surface area contributed by atoms with E-state index in [0.717, 1.165) is 0 Å². The van der Waals surface area contributed by atoms with Crippen molar-refractivity contribution in [2.75, 3.05) is 12.3 Å². The number of carbonyl (C=O) groups is 1. The molecule has 0 heterocycles. The van der Waals surface area contributed by atoms with Crippen molar-refractivity contribution in [2.45, 2.75) is 13.3 Å². The summed E-state index contributed by atoms with van der Waals surface area (Å²) in [6, 6.07) is 4.50. The Labute approximate surface area is 82.3 Å². The molecule has 0 fully saturated rings. The quantitative estimate of drug-likeness (QED) is 0.430. The van der Waals surface area contributed by atoms with Gasteiger partial charge in [-0.3, -0.25) is 4.79 Å². The van der Waals surface area contributed by atoms with E-state index >= 15 is 0 Å². The molecule has 0 aliphatic carbocycles. The zero-order valence-corrected chi connectivity index (χ0v) is 7.99. The molecule has 1 aromatic carbocycles. The van der Waals surface area contributed by atoms with E-state index in [1.807, 2.05) is 0 Å². The third kappa shape index (κ3) is 2.65. The van der Waals surface area contributed by atoms with E-state index in [4.69, 9.17) is 10.5 Å². The highest BCUT2D eigenvalue weighted by molar-refractivity contribution is 5.75. The standard InChI is InChI=1S/C10H13NO3/c1-2-14-10(13)6-7-5-8(12)3-4-9(7)11/h3-5,12H,2,6,11H2,1H3. The number of nitrogens with two attached hydrogens (primary N) is 1. The summed E-state index contributed by atoms with van der Waals surface area (Å²) in [5, 5.41) is 9.17. The second-order valence-corrected chi connectivity index (χ2v) is 2.86. The minimum atomic E-state index is -0.343. The van der Waals surface area contributed by atoms with Crippen LogP contribution in [0.5, 0.6) is 5.75 Å². The van der Waals surface area contributed by atoms with Crippen molar-refractivity contribution in [3.05, 3.63) is 23.8 Å². The highest BCUT2D eigenvalue weighted by Gasteiger charge is 2.07. The average molecular weight is 195 g/mol. The summed E-state index contributed by atoms with van der Waals surface area (Å²) in [6.45, 7) is 2.08. The number of ether oxygens (including phenoxy) is 1. The van der Waals surface area contributed by atoms with Gasteiger partial charge in [0.15, 0.2) is 0 Å². The highest BCUT2D eigenvalue weighted by Crippen LogP contribution is 2.19. The summed E-state index contributed by atoms with van der Waals surface area (Å²) in [7, 11) is 0. The van der Waals surface area contributed by atoms with Crippen LogP contribution in [0.4, 0.5) is 5.69 Å². The number of esters is 1. The molecule has 0 aliphatic rings. The van der Waals surface area contributed by atoms with Gasteiger partial charge in [-0.05, 0) is 30.7 Å². The van der Waals surface area contributed by atoms with Crippen molar-refractivity contribution in [2.24, 2.45) is 0 Å². The molecule has 0 saturated carbocycles. The second-order valence-electron chi connectivity index (χ2n) is 2.86. The van der Waals surface area contributed by atoms with Crippen molar-refractivity contribution in [3.8, 4) is 5.75 Å². The molecule has 14 heavy (non-hydrogen) atoms. The highest BCUT2D eigenvalue weighted by atomic mass is 16.5. The van der Waals surface area contributed by atoms with Crippen molar-refractivity contribution in [3.63, 3.8) is 0 Å². The molecule has 1 aromatic rings. The molecular formula is C10H13NO3. The van der Waals surface area contributed by atoms with Gasteiger partial charge in [0.2, 0.25) is 0 Å². The maximum absolute atomic E-state index is 11.1. The molecule has 0 bridgehead atoms. The summed E-state index contributed by atoms with van der Waals surface area (Å²) in [5.41, 5.74) is 6.68. The molecule has 1 rings (SSSR count). The molecule has 0 unspecified atom stereocenters. The predicted molar refractivity (Wildman–Crippen MR) is 52.9 cm³/mol. The number of hydrogen-bond acceptors (Lipinski definition) is 4. The van der Waals surface area contributed by atoms with Crippen LogP contribution in [0.2, 0.25) is 0 Å². The lowest BCUT2D eigenvalue weighted by Crippen LogP contribution is -2.08. The summed E-state index contributed by atoms with van der Waals surface area (Å²) >= 11 is 0. The van der Waals surface area contributed by atoms with Gasteiger partial charge in [-0.15, -0.1) is 0 Å². The summed E-state index contributed by atoms with van der Waals surface area (Å²) in [6.07, 6.45) is 0.0913. The molecule has 0 saturated heterocycles. The Morgan fingerprint density at radius 1 is 1.57 bits per heavy atom. The molecule has 0 aromatic heterocycles. The maximum atomic E-state index is 11.1. The van der Waals surface area contributed by atoms with Crippen molar-refractivity contribution in [1.29, 1.82) is 0 Å². The maximum Gasteiger partial charge on any atom is 0.310 e. The van der Waals surface area contributed by atoms with Crippen LogP contribution in [0, 0.1) is 0 Å². The first kappa shape index (κ1) is 10.4. The first-order valence-corrected chi connectivity index (χ1v) is 4.36. The van der Waals surface area contributed by atoms with E-state index in [2.05, 4.69) is 0 Å². The minimum absolute atomic E-state index is 0.0913. The van der Waals surface area contributed by atoms with Crippen LogP contribution in [-0.2, 0) is 16.0 Å². The van der Waals surface area contributed by atoms with E-state index in [-0.39, 0.29) is 18.1 Å². The molecule has 0 atom stereocenters. The van der Waals surface area contributed by atoms with Gasteiger partial charge in [0, 0.05) is 5.69 Å². The third-order valence-electron chi connectivity index (χ3n) is 1.77. The van der Waals surface area contributed by atoms with Gasteiger partial charge in [0.05, 0.1) is 13.0 Å². The zero-order chi connectivity index (χ0) is 10.6. The zero-order valence-electron chi connectivity index (χ0n) is 7.99. The second kappa shape index (κ2) is 4.50. The van der Waals surface area contributed by atoms with Crippen LogP contribution in [0.15, 0.2) is 18.2 Å². The number of anilines is 1. The molecular weight excluding hydrogens is 182 g/mol. The number of carbonyl (C=O) groups excluding carboxylic acids is 1. The number of benzene rings is 1. The predicted octanol–water partition coefficient (Wildman–Crippen LogP) is 1.08. The normalized spacial score (nSPS) is 9.79. The summed E-state index contributed by atoms with van der Waals surface area (Å²) in [5.74, 6) is -0.247. The summed E-state index contributed by atoms with van der Waals surface area (Å²) in [4.78, 5) is 11.1. The largest absolute Gasteiger partial charge is 0.508 e. The number of nitrogen functional groups attached to an aromatic ring is 1. The SMILES string of the molecule is CCOC(=O)Cc1cc(O)ccc1N. The molecule has 4 nitrogen and oxygen atoms in total. The lowest BCUT2D eigenvalue weighted by molar-refractivity contribution is -0.142. The first-order chi connectivity index (χ1) is 6.63. The van der Waals surface area contributed by atoms with Gasteiger partial charge in [-0.25, -0.2) is 0 Å². The average Bonchev–Trinajstić information content (AvgIpc) is 2.12. The number of aromatic hydroxyl groups is 1. The molecule has 0 amide bonds. The number of phenols is 1. The third-order valence-corrected chi connectivity index (χ3v) is 1.77. The number of hydrogen-bond donors (Lipinski definition) is 2. The molecule has 76 valence electrons. The van der Waals surface area contributed by atoms with Crippen LogP contribution in [0.25, 0.3) is 0 Å². The van der Waals surface area contributed by atoms with Crippen LogP contribution in [0.1, 0.15) is 12.5 Å². The fourth-order valence-corrected chi connectivity index (χ4v) is 1.11. The lowest BCUT2D eigenvalue weighted by Gasteiger charge is -2.05. The topological polar surface area (TPSA) is 72.5 Å². The molecule has 0 spiro atoms. The molecule has 0 radical (unpaired) electrons. The monoisotopic (exact) mass is 195 g/mol. The van der Waals surface area contributed by atoms with Gasteiger partial charge in [-0.1, -0.05) is 0 Å². The van der Waals surface area contributed by atoms with Gasteiger partial charge >= 0.3 is 5.97 Å². The fraction of sp³-hybridized carbons (Fsp3) is 0.300. The lowest BCUT2D eigenvalue weighted by atomic mass is 10.1. The van der Waals surface area contributed by atoms with Crippen molar-refractivity contribution in [1.82, 2.24) is 0 Å². The number of rotatable bonds is 3. The smallest absolute Gasteiger partial charge is 0.310 e. The summed E-state index contributed by atoms with van der Waals surface area (Å²) < 4.78 is 4.76. The van der Waals surface area contributed by atoms with E-state index in [1.54, 1.807) is 13.0 Å². The van der Waals surface area contributed by atoms with Crippen molar-refractivity contribution >= 4 is 11.7 Å². The Bertz CT molecular complexity index is 336. The van der Waals surface area contributed by atoms with Crippen LogP contribution in [0.3, 0.4) is 0 Å². The Balaban J connectivity index is 2.75. The van der Waals surface area contributed by atoms with Gasteiger partial charge in [-0.2, -0.15) is 0 Å². The Morgan fingerprint density at radius 2 is 2.29 bits per heavy atom. The first-order valence-electron chi connectivity index (χ1n) is 4.36. The molecule has 4 heteroatoms. The van der Waals surface area contributed by atoms with Crippen LogP contribution < -0.4 is 5.73 Å². The van der Waals surface area contributed by atoms with E-state index in [1.165, 1.54) is 12.1 Å². The molecule has 0 aliphatic heterocycles. The Kier molecular flexibility index (Phi) is 3.34.